The van der Waals surface area contributed by atoms with Gasteiger partial charge in [0.15, 0.2) is 0 Å². The minimum Gasteiger partial charge on any atom is -0.378 e. The second kappa shape index (κ2) is 6.76. The molecule has 20 heavy (non-hydrogen) atoms. The number of nitrogens with two attached hydrogens (primary N) is 1. The molecule has 0 unspecified atom stereocenters. The van der Waals surface area contributed by atoms with Gasteiger partial charge in [-0.3, -0.25) is 0 Å². The molecule has 2 N–H and O–H groups in total. The lowest BCUT2D eigenvalue weighted by Crippen LogP contribution is -2.61. The van der Waals surface area contributed by atoms with E-state index < -0.39 is 0 Å². The number of ether oxygens (including phenoxy) is 1. The number of hydrogen-bond acceptors (Lipinski definition) is 3. The molecule has 0 aromatic carbocycles. The topological polar surface area (TPSA) is 58.8 Å². The Morgan fingerprint density at radius 1 is 1.35 bits per heavy atom. The van der Waals surface area contributed by atoms with Crippen LogP contribution in [0.1, 0.15) is 39.5 Å². The molecule has 2 rings (SSSR count). The summed E-state index contributed by atoms with van der Waals surface area (Å²) in [6.45, 7) is 8.37. The molecule has 1 saturated heterocycles. The van der Waals surface area contributed by atoms with Crippen LogP contribution in [0.5, 0.6) is 0 Å². The lowest BCUT2D eigenvalue weighted by atomic mass is 9.76. The summed E-state index contributed by atoms with van der Waals surface area (Å²) in [6, 6.07) is 0.149. The molecule has 0 bridgehead atoms. The molecule has 2 amide bonds. The smallest absolute Gasteiger partial charge is 0.320 e. The van der Waals surface area contributed by atoms with Gasteiger partial charge in [0.05, 0.1) is 18.8 Å². The van der Waals surface area contributed by atoms with Crippen LogP contribution in [0.25, 0.3) is 0 Å². The molecule has 2 fully saturated rings. The van der Waals surface area contributed by atoms with Crippen LogP contribution in [-0.4, -0.2) is 60.8 Å². The van der Waals surface area contributed by atoms with Gasteiger partial charge in [0.1, 0.15) is 0 Å². The van der Waals surface area contributed by atoms with E-state index in [0.717, 1.165) is 25.3 Å². The van der Waals surface area contributed by atoms with Crippen molar-refractivity contribution < 1.29 is 9.53 Å². The van der Waals surface area contributed by atoms with E-state index in [1.165, 1.54) is 12.8 Å². The van der Waals surface area contributed by atoms with Crippen molar-refractivity contribution in [3.05, 3.63) is 0 Å². The van der Waals surface area contributed by atoms with Crippen molar-refractivity contribution in [2.24, 2.45) is 11.7 Å². The van der Waals surface area contributed by atoms with Crippen LogP contribution in [0.4, 0.5) is 4.79 Å². The van der Waals surface area contributed by atoms with Crippen LogP contribution in [0.3, 0.4) is 0 Å². The van der Waals surface area contributed by atoms with Crippen molar-refractivity contribution in [3.8, 4) is 0 Å². The third-order valence-corrected chi connectivity index (χ3v) is 4.99. The first-order valence-corrected chi connectivity index (χ1v) is 7.97. The Morgan fingerprint density at radius 2 is 1.95 bits per heavy atom. The molecule has 116 valence electrons. The van der Waals surface area contributed by atoms with E-state index in [4.69, 9.17) is 10.5 Å². The van der Waals surface area contributed by atoms with E-state index in [0.29, 0.717) is 32.8 Å². The molecule has 1 heterocycles. The lowest BCUT2D eigenvalue weighted by Gasteiger charge is -2.48. The summed E-state index contributed by atoms with van der Waals surface area (Å²) in [5.74, 6) is 0.756. The SMILES string of the molecule is CCN(C(=O)N1CCOCC1)C1(CN)CCC(C)CC1. The third kappa shape index (κ3) is 3.09. The average Bonchev–Trinajstić information content (AvgIpc) is 2.51. The van der Waals surface area contributed by atoms with Gasteiger partial charge in [-0.1, -0.05) is 6.92 Å². The summed E-state index contributed by atoms with van der Waals surface area (Å²) >= 11 is 0. The van der Waals surface area contributed by atoms with Gasteiger partial charge in [0.25, 0.3) is 0 Å². The molecule has 1 saturated carbocycles. The van der Waals surface area contributed by atoms with E-state index in [1.807, 2.05) is 9.80 Å². The predicted molar refractivity (Wildman–Crippen MR) is 79.6 cm³/mol. The first-order chi connectivity index (χ1) is 9.63. The van der Waals surface area contributed by atoms with Crippen molar-refractivity contribution >= 4 is 6.03 Å². The summed E-state index contributed by atoms with van der Waals surface area (Å²) in [7, 11) is 0. The second-order valence-electron chi connectivity index (χ2n) is 6.24. The molecular formula is C15H29N3O2. The fourth-order valence-electron chi connectivity index (χ4n) is 3.48. The van der Waals surface area contributed by atoms with E-state index in [9.17, 15) is 4.79 Å². The number of hydrogen-bond donors (Lipinski definition) is 1. The van der Waals surface area contributed by atoms with Gasteiger partial charge in [-0.2, -0.15) is 0 Å². The van der Waals surface area contributed by atoms with Crippen molar-refractivity contribution in [2.75, 3.05) is 39.4 Å². The van der Waals surface area contributed by atoms with Crippen LogP contribution >= 0.6 is 0 Å². The Morgan fingerprint density at radius 3 is 2.45 bits per heavy atom. The lowest BCUT2D eigenvalue weighted by molar-refractivity contribution is 0.0181. The molecule has 1 aliphatic heterocycles. The van der Waals surface area contributed by atoms with Gasteiger partial charge in [0, 0.05) is 26.2 Å². The van der Waals surface area contributed by atoms with E-state index in [1.54, 1.807) is 0 Å². The number of amides is 2. The highest BCUT2D eigenvalue weighted by Gasteiger charge is 2.41. The number of urea groups is 1. The Balaban J connectivity index is 2.10. The summed E-state index contributed by atoms with van der Waals surface area (Å²) in [5.41, 5.74) is 5.96. The highest BCUT2D eigenvalue weighted by atomic mass is 16.5. The highest BCUT2D eigenvalue weighted by molar-refractivity contribution is 5.75. The summed E-state index contributed by atoms with van der Waals surface area (Å²) in [5, 5.41) is 0. The molecular weight excluding hydrogens is 254 g/mol. The maximum atomic E-state index is 12.8. The fraction of sp³-hybridized carbons (Fsp3) is 0.933. The average molecular weight is 283 g/mol. The van der Waals surface area contributed by atoms with Gasteiger partial charge in [-0.15, -0.1) is 0 Å². The Hall–Kier alpha value is -0.810. The van der Waals surface area contributed by atoms with Crippen molar-refractivity contribution in [3.63, 3.8) is 0 Å². The van der Waals surface area contributed by atoms with Crippen LogP contribution in [0.2, 0.25) is 0 Å². The Bertz CT molecular complexity index is 321. The van der Waals surface area contributed by atoms with E-state index in [-0.39, 0.29) is 11.6 Å². The van der Waals surface area contributed by atoms with Crippen LogP contribution in [0.15, 0.2) is 0 Å². The molecule has 0 atom stereocenters. The predicted octanol–water partition coefficient (Wildman–Crippen LogP) is 1.67. The molecule has 0 aromatic heterocycles. The Labute approximate surface area is 122 Å². The van der Waals surface area contributed by atoms with Gasteiger partial charge < -0.3 is 20.3 Å². The molecule has 5 nitrogen and oxygen atoms in total. The highest BCUT2D eigenvalue weighted by Crippen LogP contribution is 2.36. The van der Waals surface area contributed by atoms with Crippen LogP contribution < -0.4 is 5.73 Å². The van der Waals surface area contributed by atoms with Crippen molar-refractivity contribution in [1.82, 2.24) is 9.80 Å². The zero-order valence-corrected chi connectivity index (χ0v) is 12.9. The minimum atomic E-state index is -0.128. The van der Waals surface area contributed by atoms with Gasteiger partial charge in [-0.05, 0) is 38.5 Å². The zero-order valence-electron chi connectivity index (χ0n) is 12.9. The normalized spacial score (nSPS) is 31.1. The zero-order chi connectivity index (χ0) is 14.6. The minimum absolute atomic E-state index is 0.128. The van der Waals surface area contributed by atoms with Gasteiger partial charge in [0.2, 0.25) is 0 Å². The summed E-state index contributed by atoms with van der Waals surface area (Å²) < 4.78 is 5.34. The molecule has 5 heteroatoms. The molecule has 0 aromatic rings. The number of carbonyl (C=O) groups excluding carboxylic acids is 1. The fourth-order valence-corrected chi connectivity index (χ4v) is 3.48. The number of rotatable bonds is 3. The standard InChI is InChI=1S/C15H29N3O2/c1-3-18(14(19)17-8-10-20-11-9-17)15(12-16)6-4-13(2)5-7-15/h13H,3-12,16H2,1-2H3. The second-order valence-corrected chi connectivity index (χ2v) is 6.24. The number of nitrogens with zero attached hydrogens (tertiary/aromatic N) is 2. The molecule has 0 spiro atoms. The van der Waals surface area contributed by atoms with E-state index in [2.05, 4.69) is 13.8 Å². The quantitative estimate of drug-likeness (QED) is 0.857. The van der Waals surface area contributed by atoms with Crippen molar-refractivity contribution in [1.29, 1.82) is 0 Å². The van der Waals surface area contributed by atoms with Gasteiger partial charge in [-0.25, -0.2) is 4.79 Å². The first kappa shape index (κ1) is 15.6. The number of morpholine rings is 1. The van der Waals surface area contributed by atoms with Gasteiger partial charge >= 0.3 is 6.03 Å². The number of likely N-dealkylation sites (N-methyl/N-ethyl adjacent to an activating group) is 1. The summed E-state index contributed by atoms with van der Waals surface area (Å²) in [4.78, 5) is 16.8. The summed E-state index contributed by atoms with van der Waals surface area (Å²) in [6.07, 6.45) is 4.41. The van der Waals surface area contributed by atoms with E-state index >= 15 is 0 Å². The first-order valence-electron chi connectivity index (χ1n) is 7.97. The van der Waals surface area contributed by atoms with Crippen molar-refractivity contribution in [2.45, 2.75) is 45.1 Å². The maximum Gasteiger partial charge on any atom is 0.320 e. The third-order valence-electron chi connectivity index (χ3n) is 4.99. The molecule has 1 aliphatic carbocycles. The molecule has 0 radical (unpaired) electrons. The van der Waals surface area contributed by atoms with Crippen LogP contribution in [-0.2, 0) is 4.74 Å². The maximum absolute atomic E-state index is 12.8. The van der Waals surface area contributed by atoms with Crippen LogP contribution in [0, 0.1) is 5.92 Å². The Kier molecular flexibility index (Phi) is 5.27. The number of carbonyl (C=O) groups is 1. The molecule has 2 aliphatic rings. The largest absolute Gasteiger partial charge is 0.378 e. The monoisotopic (exact) mass is 283 g/mol.